The lowest BCUT2D eigenvalue weighted by Crippen LogP contribution is -2.19. The van der Waals surface area contributed by atoms with Crippen LogP contribution in [-0.2, 0) is 16.1 Å². The molecule has 218 valence electrons. The van der Waals surface area contributed by atoms with Gasteiger partial charge in [-0.25, -0.2) is 9.97 Å². The molecule has 1 fully saturated rings. The van der Waals surface area contributed by atoms with E-state index in [9.17, 15) is 4.79 Å². The van der Waals surface area contributed by atoms with Gasteiger partial charge in [-0.2, -0.15) is 0 Å². The van der Waals surface area contributed by atoms with E-state index >= 15 is 0 Å². The van der Waals surface area contributed by atoms with Gasteiger partial charge in [-0.3, -0.25) is 0 Å². The van der Waals surface area contributed by atoms with Crippen LogP contribution < -0.4 is 5.32 Å². The molecule has 1 unspecified atom stereocenters. The van der Waals surface area contributed by atoms with E-state index in [2.05, 4.69) is 33.5 Å². The van der Waals surface area contributed by atoms with Crippen molar-refractivity contribution in [3.05, 3.63) is 53.9 Å². The number of aromatic nitrogens is 2. The van der Waals surface area contributed by atoms with Gasteiger partial charge in [0.1, 0.15) is 6.29 Å². The first-order valence-corrected chi connectivity index (χ1v) is 15.2. The first-order chi connectivity index (χ1) is 18.9. The van der Waals surface area contributed by atoms with E-state index in [1.54, 1.807) is 7.11 Å². The summed E-state index contributed by atoms with van der Waals surface area (Å²) in [7, 11) is 1.71. The molecule has 2 aromatic rings. The van der Waals surface area contributed by atoms with Gasteiger partial charge in [0.05, 0.1) is 12.1 Å². The van der Waals surface area contributed by atoms with Crippen molar-refractivity contribution in [1.82, 2.24) is 15.3 Å². The normalized spacial score (nSPS) is 17.2. The maximum atomic E-state index is 10.4. The highest BCUT2D eigenvalue weighted by Crippen LogP contribution is 2.39. The molecule has 39 heavy (non-hydrogen) atoms. The zero-order chi connectivity index (χ0) is 29.1. The van der Waals surface area contributed by atoms with Gasteiger partial charge in [0.25, 0.3) is 0 Å². The minimum absolute atomic E-state index is 0.0417. The van der Waals surface area contributed by atoms with E-state index in [0.29, 0.717) is 13.1 Å². The molecule has 0 saturated heterocycles. The Morgan fingerprint density at radius 3 is 1.97 bits per heavy atom. The van der Waals surface area contributed by atoms with E-state index in [1.807, 2.05) is 73.0 Å². The number of carbonyl (C=O) groups excluding carboxylic acids is 1. The molecule has 0 bridgehead atoms. The number of ether oxygens (including phenoxy) is 1. The minimum Gasteiger partial charge on any atom is -0.379 e. The summed E-state index contributed by atoms with van der Waals surface area (Å²) in [5, 5.41) is 3.07. The summed E-state index contributed by atoms with van der Waals surface area (Å²) in [5.41, 5.74) is 4.79. The van der Waals surface area contributed by atoms with Crippen molar-refractivity contribution in [2.75, 3.05) is 13.7 Å². The third kappa shape index (κ3) is 13.0. The molecular formula is C34H55N3O2. The molecule has 0 radical (unpaired) electrons. The van der Waals surface area contributed by atoms with Crippen molar-refractivity contribution >= 4 is 11.9 Å². The number of hydrogen-bond donors (Lipinski definition) is 1. The topological polar surface area (TPSA) is 64.1 Å². The second kappa shape index (κ2) is 19.7. The standard InChI is InChI=1S/C25H31N3O.C5H12O.2C2H6/c29-15-14-26-16-19-6-8-23(9-7-19)25-27-17-24(18-28-25)22-12-10-21(11-13-22)20-4-2-1-3-5-20;1-5(2,3)6-4;2*1-2/h6-9,12,15,17-18,20-21,26H,1-5,10-11,13-14,16H2;1-4H3;2*1-2H3. The van der Waals surface area contributed by atoms with Crippen molar-refractivity contribution < 1.29 is 9.53 Å². The van der Waals surface area contributed by atoms with Crippen LogP contribution in [0.1, 0.15) is 111 Å². The van der Waals surface area contributed by atoms with Crippen LogP contribution in [0.15, 0.2) is 42.7 Å². The number of allylic oxidation sites excluding steroid dienone is 2. The van der Waals surface area contributed by atoms with E-state index in [4.69, 9.17) is 4.74 Å². The summed E-state index contributed by atoms with van der Waals surface area (Å²) in [6.45, 7) is 15.1. The summed E-state index contributed by atoms with van der Waals surface area (Å²) in [6, 6.07) is 8.20. The lowest BCUT2D eigenvalue weighted by molar-refractivity contribution is -0.107. The van der Waals surface area contributed by atoms with E-state index in [1.165, 1.54) is 56.1 Å². The third-order valence-corrected chi connectivity index (χ3v) is 7.17. The maximum absolute atomic E-state index is 10.4. The van der Waals surface area contributed by atoms with Crippen LogP contribution in [0, 0.1) is 11.8 Å². The Labute approximate surface area is 239 Å². The largest absolute Gasteiger partial charge is 0.379 e. The number of nitrogens with zero attached hydrogens (tertiary/aromatic N) is 2. The fraction of sp³-hybridized carbons (Fsp3) is 0.618. The Balaban J connectivity index is 0.000000664. The van der Waals surface area contributed by atoms with Gasteiger partial charge >= 0.3 is 0 Å². The minimum atomic E-state index is 0.0417. The number of benzene rings is 1. The molecular weight excluding hydrogens is 482 g/mol. The summed E-state index contributed by atoms with van der Waals surface area (Å²) in [5.74, 6) is 2.60. The molecule has 2 aliphatic rings. The molecule has 1 aromatic heterocycles. The van der Waals surface area contributed by atoms with Gasteiger partial charge in [0.15, 0.2) is 5.82 Å². The maximum Gasteiger partial charge on any atom is 0.159 e. The lowest BCUT2D eigenvalue weighted by Gasteiger charge is -2.32. The molecule has 0 spiro atoms. The van der Waals surface area contributed by atoms with Crippen molar-refractivity contribution in [3.8, 4) is 11.4 Å². The van der Waals surface area contributed by atoms with Crippen LogP contribution >= 0.6 is 0 Å². The quantitative estimate of drug-likeness (QED) is 0.283. The van der Waals surface area contributed by atoms with Crippen LogP contribution in [-0.4, -0.2) is 35.5 Å². The molecule has 0 aliphatic heterocycles. The smallest absolute Gasteiger partial charge is 0.159 e. The Morgan fingerprint density at radius 2 is 1.49 bits per heavy atom. The zero-order valence-corrected chi connectivity index (χ0v) is 26.1. The first kappa shape index (κ1) is 34.7. The predicted octanol–water partition coefficient (Wildman–Crippen LogP) is 8.68. The van der Waals surface area contributed by atoms with Crippen LogP contribution in [0.2, 0.25) is 0 Å². The van der Waals surface area contributed by atoms with Gasteiger partial charge in [0.2, 0.25) is 0 Å². The fourth-order valence-corrected chi connectivity index (χ4v) is 4.84. The molecule has 1 N–H and O–H groups in total. The Kier molecular flexibility index (Phi) is 17.5. The Morgan fingerprint density at radius 1 is 0.897 bits per heavy atom. The third-order valence-electron chi connectivity index (χ3n) is 7.17. The zero-order valence-electron chi connectivity index (χ0n) is 26.1. The van der Waals surface area contributed by atoms with Gasteiger partial charge in [0, 0.05) is 37.2 Å². The molecule has 1 heterocycles. The van der Waals surface area contributed by atoms with Crippen LogP contribution in [0.5, 0.6) is 0 Å². The van der Waals surface area contributed by atoms with Crippen LogP contribution in [0.4, 0.5) is 0 Å². The highest BCUT2D eigenvalue weighted by atomic mass is 16.5. The number of aldehydes is 1. The van der Waals surface area contributed by atoms with Gasteiger partial charge < -0.3 is 14.8 Å². The summed E-state index contributed by atoms with van der Waals surface area (Å²) < 4.78 is 4.94. The highest BCUT2D eigenvalue weighted by Gasteiger charge is 2.25. The van der Waals surface area contributed by atoms with Crippen LogP contribution in [0.3, 0.4) is 0 Å². The SMILES string of the molecule is CC.CC.COC(C)(C)C.O=CCNCc1ccc(-c2ncc(C3=CCC(C4CCCCC4)CC3)cn2)cc1. The summed E-state index contributed by atoms with van der Waals surface area (Å²) in [6.07, 6.45) is 18.2. The Hall–Kier alpha value is -2.37. The van der Waals surface area contributed by atoms with E-state index < -0.39 is 0 Å². The highest BCUT2D eigenvalue weighted by molar-refractivity contribution is 5.66. The van der Waals surface area contributed by atoms with Gasteiger partial charge in [-0.15, -0.1) is 0 Å². The van der Waals surface area contributed by atoms with Crippen LogP contribution in [0.25, 0.3) is 17.0 Å². The number of nitrogens with one attached hydrogen (secondary N) is 1. The van der Waals surface area contributed by atoms with Crippen molar-refractivity contribution in [3.63, 3.8) is 0 Å². The average Bonchev–Trinajstić information content (AvgIpc) is 3.00. The molecule has 0 amide bonds. The van der Waals surface area contributed by atoms with Gasteiger partial charge in [-0.05, 0) is 63.0 Å². The predicted molar refractivity (Wildman–Crippen MR) is 167 cm³/mol. The van der Waals surface area contributed by atoms with Crippen molar-refractivity contribution in [1.29, 1.82) is 0 Å². The molecule has 5 heteroatoms. The lowest BCUT2D eigenvalue weighted by atomic mass is 9.73. The molecule has 2 aliphatic carbocycles. The number of carbonyl (C=O) groups is 1. The van der Waals surface area contributed by atoms with Crippen molar-refractivity contribution in [2.45, 2.75) is 112 Å². The number of hydrogen-bond acceptors (Lipinski definition) is 5. The van der Waals surface area contributed by atoms with Gasteiger partial charge in [-0.1, -0.05) is 90.1 Å². The second-order valence-electron chi connectivity index (χ2n) is 10.8. The molecule has 5 nitrogen and oxygen atoms in total. The van der Waals surface area contributed by atoms with E-state index in [-0.39, 0.29) is 5.60 Å². The van der Waals surface area contributed by atoms with E-state index in [0.717, 1.165) is 41.5 Å². The number of rotatable bonds is 7. The monoisotopic (exact) mass is 537 g/mol. The fourth-order valence-electron chi connectivity index (χ4n) is 4.84. The molecule has 1 atom stereocenters. The second-order valence-corrected chi connectivity index (χ2v) is 10.8. The first-order valence-electron chi connectivity index (χ1n) is 15.2. The average molecular weight is 538 g/mol. The Bertz CT molecular complexity index is 924. The molecule has 1 saturated carbocycles. The molecule has 1 aromatic carbocycles. The van der Waals surface area contributed by atoms with Crippen molar-refractivity contribution in [2.24, 2.45) is 11.8 Å². The summed E-state index contributed by atoms with van der Waals surface area (Å²) >= 11 is 0. The molecule has 4 rings (SSSR count). The summed E-state index contributed by atoms with van der Waals surface area (Å²) in [4.78, 5) is 19.6. The number of methoxy groups -OCH3 is 1.